The second-order valence-corrected chi connectivity index (χ2v) is 3.58. The van der Waals surface area contributed by atoms with E-state index in [0.717, 1.165) is 12.1 Å². The van der Waals surface area contributed by atoms with Crippen LogP contribution in [0.1, 0.15) is 23.2 Å². The van der Waals surface area contributed by atoms with Gasteiger partial charge in [0.15, 0.2) is 5.78 Å². The maximum atomic E-state index is 12.8. The fraction of sp³-hybridized carbons (Fsp3) is 0.364. The highest BCUT2D eigenvalue weighted by atomic mass is 19.1. The van der Waals surface area contributed by atoms with Gasteiger partial charge in [0, 0.05) is 6.42 Å². The number of phenols is 1. The maximum Gasteiger partial charge on any atom is 0.166 e. The number of hydrogen-bond acceptors (Lipinski definition) is 3. The number of aromatic hydroxyl groups is 1. The normalized spacial score (nSPS) is 18.9. The number of hydrogen-bond donors (Lipinski definition) is 1. The van der Waals surface area contributed by atoms with Gasteiger partial charge in [-0.05, 0) is 24.6 Å². The van der Waals surface area contributed by atoms with Crippen LogP contribution in [0.5, 0.6) is 5.75 Å². The van der Waals surface area contributed by atoms with Crippen LogP contribution in [0.2, 0.25) is 0 Å². The van der Waals surface area contributed by atoms with Crippen molar-refractivity contribution in [1.82, 2.24) is 0 Å². The molecule has 2 rings (SSSR count). The van der Waals surface area contributed by atoms with Crippen molar-refractivity contribution < 1.29 is 19.0 Å². The van der Waals surface area contributed by atoms with Crippen molar-refractivity contribution in [2.24, 2.45) is 0 Å². The summed E-state index contributed by atoms with van der Waals surface area (Å²) in [5, 5.41) is 9.37. The van der Waals surface area contributed by atoms with E-state index in [4.69, 9.17) is 4.74 Å². The molecule has 1 aliphatic heterocycles. The number of ketones is 1. The number of epoxide rings is 1. The zero-order valence-electron chi connectivity index (χ0n) is 8.07. The van der Waals surface area contributed by atoms with E-state index in [9.17, 15) is 14.3 Å². The molecule has 15 heavy (non-hydrogen) atoms. The predicted octanol–water partition coefficient (Wildman–Crippen LogP) is 1.89. The molecule has 1 atom stereocenters. The van der Waals surface area contributed by atoms with E-state index in [1.165, 1.54) is 6.07 Å². The summed E-state index contributed by atoms with van der Waals surface area (Å²) in [6, 6.07) is 3.37. The van der Waals surface area contributed by atoms with Gasteiger partial charge >= 0.3 is 0 Å². The molecule has 1 aliphatic rings. The monoisotopic (exact) mass is 210 g/mol. The van der Waals surface area contributed by atoms with Gasteiger partial charge in [-0.1, -0.05) is 0 Å². The number of carbonyl (C=O) groups is 1. The number of phenolic OH excluding ortho intramolecular Hbond substituents is 1. The average molecular weight is 210 g/mol. The van der Waals surface area contributed by atoms with Gasteiger partial charge in [0.25, 0.3) is 0 Å². The zero-order valence-corrected chi connectivity index (χ0v) is 8.07. The van der Waals surface area contributed by atoms with Gasteiger partial charge < -0.3 is 9.84 Å². The standard InChI is InChI=1S/C11H11FO3/c12-7-1-3-10(13)9(5-7)11(14)4-2-8-6-15-8/h1,3,5,8,13H,2,4,6H2. The second kappa shape index (κ2) is 3.98. The lowest BCUT2D eigenvalue weighted by Crippen LogP contribution is -2.02. The summed E-state index contributed by atoms with van der Waals surface area (Å²) in [4.78, 5) is 11.6. The number of carbonyl (C=O) groups excluding carboxylic acids is 1. The van der Waals surface area contributed by atoms with Crippen LogP contribution in [0.15, 0.2) is 18.2 Å². The quantitative estimate of drug-likeness (QED) is 0.609. The van der Waals surface area contributed by atoms with Crippen molar-refractivity contribution in [2.45, 2.75) is 18.9 Å². The number of halogens is 1. The van der Waals surface area contributed by atoms with E-state index in [0.29, 0.717) is 13.0 Å². The number of Topliss-reactive ketones (excluding diaryl/α,β-unsaturated/α-hetero) is 1. The van der Waals surface area contributed by atoms with Crippen LogP contribution in [0.3, 0.4) is 0 Å². The summed E-state index contributed by atoms with van der Waals surface area (Å²) in [7, 11) is 0. The molecular weight excluding hydrogens is 199 g/mol. The molecular formula is C11H11FO3. The molecule has 1 unspecified atom stereocenters. The van der Waals surface area contributed by atoms with Crippen molar-refractivity contribution in [3.05, 3.63) is 29.6 Å². The van der Waals surface area contributed by atoms with Crippen LogP contribution in [-0.2, 0) is 4.74 Å². The molecule has 80 valence electrons. The molecule has 1 heterocycles. The lowest BCUT2D eigenvalue weighted by atomic mass is 10.0. The second-order valence-electron chi connectivity index (χ2n) is 3.58. The van der Waals surface area contributed by atoms with Gasteiger partial charge in [-0.25, -0.2) is 4.39 Å². The van der Waals surface area contributed by atoms with Gasteiger partial charge in [0.2, 0.25) is 0 Å². The van der Waals surface area contributed by atoms with Crippen molar-refractivity contribution >= 4 is 5.78 Å². The molecule has 0 spiro atoms. The first-order valence-electron chi connectivity index (χ1n) is 4.80. The van der Waals surface area contributed by atoms with Gasteiger partial charge in [0.05, 0.1) is 18.3 Å². The summed E-state index contributed by atoms with van der Waals surface area (Å²) in [6.07, 6.45) is 1.08. The highest BCUT2D eigenvalue weighted by Crippen LogP contribution is 2.22. The van der Waals surface area contributed by atoms with E-state index in [1.807, 2.05) is 0 Å². The van der Waals surface area contributed by atoms with Crippen molar-refractivity contribution in [3.63, 3.8) is 0 Å². The van der Waals surface area contributed by atoms with Crippen LogP contribution >= 0.6 is 0 Å². The largest absolute Gasteiger partial charge is 0.507 e. The minimum absolute atomic E-state index is 0.0515. The third-order valence-corrected chi connectivity index (χ3v) is 2.35. The third kappa shape index (κ3) is 2.53. The molecule has 1 saturated heterocycles. The number of rotatable bonds is 4. The minimum Gasteiger partial charge on any atom is -0.507 e. The lowest BCUT2D eigenvalue weighted by molar-refractivity contribution is 0.0973. The summed E-state index contributed by atoms with van der Waals surface area (Å²) < 4.78 is 17.8. The molecule has 0 aliphatic carbocycles. The van der Waals surface area contributed by atoms with E-state index in [-0.39, 0.29) is 29.6 Å². The Morgan fingerprint density at radius 1 is 1.60 bits per heavy atom. The van der Waals surface area contributed by atoms with Crippen molar-refractivity contribution in [2.75, 3.05) is 6.61 Å². The topological polar surface area (TPSA) is 49.8 Å². The van der Waals surface area contributed by atoms with Gasteiger partial charge in [0.1, 0.15) is 11.6 Å². The Hall–Kier alpha value is -1.42. The summed E-state index contributed by atoms with van der Waals surface area (Å²) in [5.74, 6) is -0.931. The van der Waals surface area contributed by atoms with Crippen LogP contribution in [0, 0.1) is 5.82 Å². The molecule has 3 nitrogen and oxygen atoms in total. The molecule has 1 N–H and O–H groups in total. The van der Waals surface area contributed by atoms with E-state index in [2.05, 4.69) is 0 Å². The molecule has 0 aromatic heterocycles. The third-order valence-electron chi connectivity index (χ3n) is 2.35. The fourth-order valence-electron chi connectivity index (χ4n) is 1.39. The smallest absolute Gasteiger partial charge is 0.166 e. The molecule has 0 amide bonds. The molecule has 1 aromatic carbocycles. The Morgan fingerprint density at radius 3 is 3.00 bits per heavy atom. The van der Waals surface area contributed by atoms with Crippen LogP contribution in [0.25, 0.3) is 0 Å². The molecule has 0 saturated carbocycles. The zero-order chi connectivity index (χ0) is 10.8. The van der Waals surface area contributed by atoms with E-state index in [1.54, 1.807) is 0 Å². The lowest BCUT2D eigenvalue weighted by Gasteiger charge is -2.02. The number of ether oxygens (including phenoxy) is 1. The van der Waals surface area contributed by atoms with Gasteiger partial charge in [-0.3, -0.25) is 4.79 Å². The Balaban J connectivity index is 2.05. The van der Waals surface area contributed by atoms with Crippen LogP contribution in [-0.4, -0.2) is 23.6 Å². The van der Waals surface area contributed by atoms with Crippen molar-refractivity contribution in [1.29, 1.82) is 0 Å². The van der Waals surface area contributed by atoms with Crippen molar-refractivity contribution in [3.8, 4) is 5.75 Å². The Bertz CT molecular complexity index is 385. The highest BCUT2D eigenvalue weighted by Gasteiger charge is 2.24. The van der Waals surface area contributed by atoms with E-state index >= 15 is 0 Å². The van der Waals surface area contributed by atoms with Crippen LogP contribution in [0.4, 0.5) is 4.39 Å². The first-order valence-corrected chi connectivity index (χ1v) is 4.80. The maximum absolute atomic E-state index is 12.8. The summed E-state index contributed by atoms with van der Waals surface area (Å²) in [5.41, 5.74) is 0.0515. The first-order chi connectivity index (χ1) is 7.16. The van der Waals surface area contributed by atoms with Gasteiger partial charge in [-0.15, -0.1) is 0 Å². The fourth-order valence-corrected chi connectivity index (χ4v) is 1.39. The molecule has 0 radical (unpaired) electrons. The average Bonchev–Trinajstić information content (AvgIpc) is 3.02. The number of benzene rings is 1. The SMILES string of the molecule is O=C(CCC1CO1)c1cc(F)ccc1O. The van der Waals surface area contributed by atoms with Gasteiger partial charge in [-0.2, -0.15) is 0 Å². The van der Waals surface area contributed by atoms with Crippen LogP contribution < -0.4 is 0 Å². The minimum atomic E-state index is -0.515. The Labute approximate surface area is 86.5 Å². The summed E-state index contributed by atoms with van der Waals surface area (Å²) >= 11 is 0. The first kappa shape index (κ1) is 10.1. The molecule has 1 fully saturated rings. The highest BCUT2D eigenvalue weighted by molar-refractivity contribution is 5.98. The summed E-state index contributed by atoms with van der Waals surface area (Å²) in [6.45, 7) is 0.697. The Morgan fingerprint density at radius 2 is 2.33 bits per heavy atom. The Kier molecular flexibility index (Phi) is 2.68. The molecule has 1 aromatic rings. The predicted molar refractivity (Wildman–Crippen MR) is 51.4 cm³/mol. The van der Waals surface area contributed by atoms with E-state index < -0.39 is 5.82 Å². The molecule has 0 bridgehead atoms. The molecule has 4 heteroatoms.